The molecule has 1 radical (unpaired) electrons. The minimum absolute atomic E-state index is 0. The molecule has 1 aliphatic rings. The zero-order valence-electron chi connectivity index (χ0n) is 3.98. The van der Waals surface area contributed by atoms with Crippen LogP contribution in [-0.2, 0) is 4.79 Å². The first-order valence-electron chi connectivity index (χ1n) is 1.89. The maximum Gasteiger partial charge on any atom is 0.123 e. The summed E-state index contributed by atoms with van der Waals surface area (Å²) in [6.07, 6.45) is 3.31. The number of rotatable bonds is 1. The minimum atomic E-state index is 0. The van der Waals surface area contributed by atoms with E-state index in [0.29, 0.717) is 5.92 Å². The number of hydrogen-bond donors (Lipinski definition) is 0. The van der Waals surface area contributed by atoms with Crippen LogP contribution in [0.1, 0.15) is 12.8 Å². The predicted molar refractivity (Wildman–Crippen MR) is 24.5 cm³/mol. The van der Waals surface area contributed by atoms with Gasteiger partial charge in [0.2, 0.25) is 0 Å². The Labute approximate surface area is 59.4 Å². The minimum Gasteiger partial charge on any atom is -0.303 e. The SMILES string of the molecule is O=CC1CC1.[Na]. The molecular formula is C4H6NaO. The van der Waals surface area contributed by atoms with Crippen molar-refractivity contribution in [2.24, 2.45) is 5.92 Å². The molecule has 1 rings (SSSR count). The van der Waals surface area contributed by atoms with Gasteiger partial charge in [0, 0.05) is 35.5 Å². The van der Waals surface area contributed by atoms with E-state index in [9.17, 15) is 4.79 Å². The van der Waals surface area contributed by atoms with E-state index in [4.69, 9.17) is 0 Å². The van der Waals surface area contributed by atoms with E-state index < -0.39 is 0 Å². The smallest absolute Gasteiger partial charge is 0.123 e. The predicted octanol–water partition coefficient (Wildman–Crippen LogP) is 0.214. The number of carbonyl (C=O) groups excluding carboxylic acids is 1. The average molecular weight is 93.1 g/mol. The first-order valence-corrected chi connectivity index (χ1v) is 1.89. The summed E-state index contributed by atoms with van der Waals surface area (Å²) in [5.74, 6) is 0.454. The molecule has 0 aromatic rings. The van der Waals surface area contributed by atoms with E-state index in [1.54, 1.807) is 0 Å². The van der Waals surface area contributed by atoms with Gasteiger partial charge in [-0.05, 0) is 12.8 Å². The fraction of sp³-hybridized carbons (Fsp3) is 0.750. The van der Waals surface area contributed by atoms with Gasteiger partial charge in [-0.15, -0.1) is 0 Å². The Morgan fingerprint density at radius 1 is 1.50 bits per heavy atom. The van der Waals surface area contributed by atoms with Crippen LogP contribution in [0.25, 0.3) is 0 Å². The molecule has 2 heteroatoms. The van der Waals surface area contributed by atoms with Gasteiger partial charge in [0.05, 0.1) is 0 Å². The largest absolute Gasteiger partial charge is 0.303 e. The zero-order chi connectivity index (χ0) is 3.70. The van der Waals surface area contributed by atoms with E-state index in [1.165, 1.54) is 0 Å². The van der Waals surface area contributed by atoms with Crippen molar-refractivity contribution in [2.75, 3.05) is 0 Å². The summed E-state index contributed by atoms with van der Waals surface area (Å²) in [4.78, 5) is 9.57. The Morgan fingerprint density at radius 3 is 2.00 bits per heavy atom. The molecule has 0 unspecified atom stereocenters. The maximum absolute atomic E-state index is 9.57. The summed E-state index contributed by atoms with van der Waals surface area (Å²) < 4.78 is 0. The van der Waals surface area contributed by atoms with Gasteiger partial charge in [-0.1, -0.05) is 0 Å². The van der Waals surface area contributed by atoms with Crippen LogP contribution in [0, 0.1) is 5.92 Å². The third-order valence-electron chi connectivity index (χ3n) is 0.814. The van der Waals surface area contributed by atoms with Gasteiger partial charge in [-0.25, -0.2) is 0 Å². The van der Waals surface area contributed by atoms with Gasteiger partial charge in [0.15, 0.2) is 0 Å². The molecule has 0 spiro atoms. The molecule has 0 aliphatic heterocycles. The molecule has 0 amide bonds. The maximum atomic E-state index is 9.57. The molecule has 0 bridgehead atoms. The van der Waals surface area contributed by atoms with Crippen LogP contribution >= 0.6 is 0 Å². The molecule has 1 aliphatic carbocycles. The van der Waals surface area contributed by atoms with Crippen LogP contribution in [-0.4, -0.2) is 35.8 Å². The second kappa shape index (κ2) is 2.78. The summed E-state index contributed by atoms with van der Waals surface area (Å²) in [6, 6.07) is 0. The van der Waals surface area contributed by atoms with Crippen molar-refractivity contribution in [3.63, 3.8) is 0 Å². The van der Waals surface area contributed by atoms with Crippen LogP contribution in [0.4, 0.5) is 0 Å². The molecular weight excluding hydrogens is 87.0 g/mol. The molecule has 0 saturated heterocycles. The Kier molecular flexibility index (Phi) is 3.09. The van der Waals surface area contributed by atoms with Crippen molar-refractivity contribution in [1.29, 1.82) is 0 Å². The van der Waals surface area contributed by atoms with E-state index in [1.807, 2.05) is 0 Å². The Hall–Kier alpha value is 0.670. The van der Waals surface area contributed by atoms with Crippen LogP contribution in [0.3, 0.4) is 0 Å². The first-order chi connectivity index (χ1) is 2.43. The summed E-state index contributed by atoms with van der Waals surface area (Å²) in [5, 5.41) is 0. The number of aldehydes is 1. The fourth-order valence-electron chi connectivity index (χ4n) is 0.232. The molecule has 29 valence electrons. The molecule has 0 aromatic carbocycles. The van der Waals surface area contributed by atoms with Crippen molar-refractivity contribution in [3.8, 4) is 0 Å². The van der Waals surface area contributed by atoms with Gasteiger partial charge in [-0.2, -0.15) is 0 Å². The third-order valence-corrected chi connectivity index (χ3v) is 0.814. The van der Waals surface area contributed by atoms with Crippen LogP contribution in [0.15, 0.2) is 0 Å². The Bertz CT molecular complexity index is 49.5. The second-order valence-electron chi connectivity index (χ2n) is 1.47. The second-order valence-corrected chi connectivity index (χ2v) is 1.47. The van der Waals surface area contributed by atoms with Crippen molar-refractivity contribution in [1.82, 2.24) is 0 Å². The number of hydrogen-bond acceptors (Lipinski definition) is 1. The molecule has 6 heavy (non-hydrogen) atoms. The third kappa shape index (κ3) is 1.96. The summed E-state index contributed by atoms with van der Waals surface area (Å²) in [6.45, 7) is 0. The van der Waals surface area contributed by atoms with E-state index in [2.05, 4.69) is 0 Å². The fourth-order valence-corrected chi connectivity index (χ4v) is 0.232. The van der Waals surface area contributed by atoms with Gasteiger partial charge >= 0.3 is 0 Å². The molecule has 0 heterocycles. The Morgan fingerprint density at radius 2 is 2.00 bits per heavy atom. The topological polar surface area (TPSA) is 17.1 Å². The monoisotopic (exact) mass is 93.0 g/mol. The van der Waals surface area contributed by atoms with Crippen LogP contribution in [0.5, 0.6) is 0 Å². The van der Waals surface area contributed by atoms with E-state index >= 15 is 0 Å². The Balaban J connectivity index is 0.000000250. The molecule has 0 atom stereocenters. The van der Waals surface area contributed by atoms with Crippen molar-refractivity contribution >= 4 is 35.8 Å². The zero-order valence-corrected chi connectivity index (χ0v) is 5.98. The van der Waals surface area contributed by atoms with Crippen molar-refractivity contribution < 1.29 is 4.79 Å². The number of carbonyl (C=O) groups is 1. The molecule has 0 aromatic heterocycles. The normalized spacial score (nSPS) is 18.7. The van der Waals surface area contributed by atoms with Gasteiger partial charge in [-0.3, -0.25) is 0 Å². The van der Waals surface area contributed by atoms with Crippen LogP contribution in [0.2, 0.25) is 0 Å². The first kappa shape index (κ1) is 6.67. The molecule has 0 N–H and O–H groups in total. The van der Waals surface area contributed by atoms with Gasteiger partial charge < -0.3 is 4.79 Å². The summed E-state index contributed by atoms with van der Waals surface area (Å²) in [7, 11) is 0. The van der Waals surface area contributed by atoms with Crippen LogP contribution < -0.4 is 0 Å². The van der Waals surface area contributed by atoms with E-state index in [0.717, 1.165) is 19.1 Å². The molecule has 1 saturated carbocycles. The van der Waals surface area contributed by atoms with Gasteiger partial charge in [0.25, 0.3) is 0 Å². The van der Waals surface area contributed by atoms with Gasteiger partial charge in [0.1, 0.15) is 6.29 Å². The molecule has 1 nitrogen and oxygen atoms in total. The summed E-state index contributed by atoms with van der Waals surface area (Å²) in [5.41, 5.74) is 0. The van der Waals surface area contributed by atoms with Crippen molar-refractivity contribution in [2.45, 2.75) is 12.8 Å². The standard InChI is InChI=1S/C4H6O.Na/c5-3-4-1-2-4;/h3-4H,1-2H2;. The average Bonchev–Trinajstić information content (AvgIpc) is 2.12. The van der Waals surface area contributed by atoms with Crippen molar-refractivity contribution in [3.05, 3.63) is 0 Å². The quantitative estimate of drug-likeness (QED) is 0.334. The van der Waals surface area contributed by atoms with E-state index in [-0.39, 0.29) is 29.6 Å². The molecule has 1 fully saturated rings. The summed E-state index contributed by atoms with van der Waals surface area (Å²) >= 11 is 0.